The van der Waals surface area contributed by atoms with Crippen LogP contribution >= 0.6 is 11.3 Å². The zero-order valence-electron chi connectivity index (χ0n) is 18.1. The van der Waals surface area contributed by atoms with Crippen LogP contribution < -0.4 is 0 Å². The van der Waals surface area contributed by atoms with E-state index in [0.29, 0.717) is 17.8 Å². The molecule has 158 valence electrons. The standard InChI is InChI=1S/C24H34N2O2S/c1-18(2)11-26(24(27)16-28-4)14-22-13-25(12-20-9-10-29-17-20)15-23(22)21-7-5-19(3)6-8-21/h5-10,17-18,22-23H,11-16H2,1-4H3. The molecule has 0 spiro atoms. The number of ether oxygens (including phenoxy) is 1. The van der Waals surface area contributed by atoms with E-state index in [2.05, 4.69) is 66.8 Å². The third-order valence-corrected chi connectivity index (χ3v) is 6.40. The first-order valence-corrected chi connectivity index (χ1v) is 11.5. The number of likely N-dealkylation sites (tertiary alicyclic amines) is 1. The molecule has 0 saturated carbocycles. The summed E-state index contributed by atoms with van der Waals surface area (Å²) in [6, 6.07) is 11.2. The molecule has 3 rings (SSSR count). The third-order valence-electron chi connectivity index (χ3n) is 5.67. The molecule has 29 heavy (non-hydrogen) atoms. The van der Waals surface area contributed by atoms with Crippen molar-refractivity contribution in [2.24, 2.45) is 11.8 Å². The molecule has 2 heterocycles. The van der Waals surface area contributed by atoms with E-state index in [4.69, 9.17) is 4.74 Å². The molecular weight excluding hydrogens is 380 g/mol. The van der Waals surface area contributed by atoms with E-state index < -0.39 is 0 Å². The quantitative estimate of drug-likeness (QED) is 0.610. The van der Waals surface area contributed by atoms with Crippen LogP contribution in [0.2, 0.25) is 0 Å². The van der Waals surface area contributed by atoms with Gasteiger partial charge >= 0.3 is 0 Å². The molecule has 2 aromatic rings. The normalized spacial score (nSPS) is 19.8. The number of hydrogen-bond donors (Lipinski definition) is 0. The van der Waals surface area contributed by atoms with Crippen LogP contribution in [0.1, 0.15) is 36.5 Å². The zero-order chi connectivity index (χ0) is 20.8. The van der Waals surface area contributed by atoms with Gasteiger partial charge in [-0.3, -0.25) is 9.69 Å². The smallest absolute Gasteiger partial charge is 0.248 e. The first-order chi connectivity index (χ1) is 14.0. The summed E-state index contributed by atoms with van der Waals surface area (Å²) in [6.07, 6.45) is 0. The van der Waals surface area contributed by atoms with Crippen LogP contribution in [0.3, 0.4) is 0 Å². The minimum absolute atomic E-state index is 0.0974. The van der Waals surface area contributed by atoms with Crippen molar-refractivity contribution in [2.75, 3.05) is 39.9 Å². The Hall–Kier alpha value is -1.69. The van der Waals surface area contributed by atoms with E-state index in [-0.39, 0.29) is 12.5 Å². The van der Waals surface area contributed by atoms with Gasteiger partial charge in [-0.05, 0) is 46.7 Å². The highest BCUT2D eigenvalue weighted by Gasteiger charge is 2.35. The number of thiophene rings is 1. The largest absolute Gasteiger partial charge is 0.375 e. The minimum Gasteiger partial charge on any atom is -0.375 e. The van der Waals surface area contributed by atoms with E-state index in [1.165, 1.54) is 16.7 Å². The molecule has 1 saturated heterocycles. The lowest BCUT2D eigenvalue weighted by Crippen LogP contribution is -2.41. The number of rotatable bonds is 9. The van der Waals surface area contributed by atoms with Gasteiger partial charge in [0, 0.05) is 45.8 Å². The van der Waals surface area contributed by atoms with Gasteiger partial charge in [-0.15, -0.1) is 0 Å². The maximum absolute atomic E-state index is 12.7. The minimum atomic E-state index is 0.0974. The summed E-state index contributed by atoms with van der Waals surface area (Å²) in [5.74, 6) is 1.41. The highest BCUT2D eigenvalue weighted by molar-refractivity contribution is 7.07. The number of carbonyl (C=O) groups is 1. The summed E-state index contributed by atoms with van der Waals surface area (Å²) in [4.78, 5) is 17.2. The predicted octanol–water partition coefficient (Wildman–Crippen LogP) is 4.40. The second-order valence-electron chi connectivity index (χ2n) is 8.73. The Morgan fingerprint density at radius 2 is 2.00 bits per heavy atom. The molecule has 1 amide bonds. The highest BCUT2D eigenvalue weighted by Crippen LogP contribution is 2.34. The van der Waals surface area contributed by atoms with Gasteiger partial charge in [-0.25, -0.2) is 0 Å². The summed E-state index contributed by atoms with van der Waals surface area (Å²) < 4.78 is 5.15. The van der Waals surface area contributed by atoms with Gasteiger partial charge in [-0.2, -0.15) is 11.3 Å². The van der Waals surface area contributed by atoms with Crippen LogP contribution in [0.25, 0.3) is 0 Å². The number of hydrogen-bond acceptors (Lipinski definition) is 4. The maximum Gasteiger partial charge on any atom is 0.248 e. The van der Waals surface area contributed by atoms with Crippen LogP contribution in [0.4, 0.5) is 0 Å². The second-order valence-corrected chi connectivity index (χ2v) is 9.51. The van der Waals surface area contributed by atoms with Gasteiger partial charge in [0.1, 0.15) is 6.61 Å². The summed E-state index contributed by atoms with van der Waals surface area (Å²) in [5, 5.41) is 4.38. The molecule has 2 unspecified atom stereocenters. The molecule has 1 aliphatic heterocycles. The summed E-state index contributed by atoms with van der Waals surface area (Å²) in [7, 11) is 1.60. The SMILES string of the molecule is COCC(=O)N(CC(C)C)CC1CN(Cc2ccsc2)CC1c1ccc(C)cc1. The number of aryl methyl sites for hydroxylation is 1. The lowest BCUT2D eigenvalue weighted by atomic mass is 9.88. The molecule has 0 N–H and O–H groups in total. The molecule has 5 heteroatoms. The Balaban J connectivity index is 1.78. The monoisotopic (exact) mass is 414 g/mol. The van der Waals surface area contributed by atoms with Gasteiger partial charge in [0.15, 0.2) is 0 Å². The third kappa shape index (κ3) is 6.14. The fraction of sp³-hybridized carbons (Fsp3) is 0.542. The second kappa shape index (κ2) is 10.4. The molecule has 1 fully saturated rings. The predicted molar refractivity (Wildman–Crippen MR) is 120 cm³/mol. The van der Waals surface area contributed by atoms with Gasteiger partial charge in [0.25, 0.3) is 0 Å². The molecule has 1 aromatic carbocycles. The topological polar surface area (TPSA) is 32.8 Å². The average molecular weight is 415 g/mol. The molecule has 1 aromatic heterocycles. The van der Waals surface area contributed by atoms with E-state index in [1.807, 2.05) is 4.90 Å². The zero-order valence-corrected chi connectivity index (χ0v) is 19.0. The molecule has 0 bridgehead atoms. The van der Waals surface area contributed by atoms with Crippen molar-refractivity contribution >= 4 is 17.2 Å². The number of carbonyl (C=O) groups excluding carboxylic acids is 1. The van der Waals surface area contributed by atoms with Crippen molar-refractivity contribution in [1.82, 2.24) is 9.80 Å². The number of methoxy groups -OCH3 is 1. The van der Waals surface area contributed by atoms with Crippen molar-refractivity contribution < 1.29 is 9.53 Å². The fourth-order valence-electron chi connectivity index (χ4n) is 4.32. The number of amides is 1. The maximum atomic E-state index is 12.7. The Kier molecular flexibility index (Phi) is 7.87. The molecule has 0 aliphatic carbocycles. The van der Waals surface area contributed by atoms with Crippen LogP contribution in [-0.4, -0.2) is 55.6 Å². The van der Waals surface area contributed by atoms with Crippen molar-refractivity contribution in [3.05, 3.63) is 57.8 Å². The van der Waals surface area contributed by atoms with E-state index in [9.17, 15) is 4.79 Å². The summed E-state index contributed by atoms with van der Waals surface area (Å²) in [5.41, 5.74) is 4.06. The van der Waals surface area contributed by atoms with Crippen LogP contribution in [0.15, 0.2) is 41.1 Å². The van der Waals surface area contributed by atoms with Gasteiger partial charge in [0.05, 0.1) is 0 Å². The van der Waals surface area contributed by atoms with Gasteiger partial charge < -0.3 is 9.64 Å². The number of benzene rings is 1. The van der Waals surface area contributed by atoms with Crippen molar-refractivity contribution in [3.63, 3.8) is 0 Å². The molecule has 4 nitrogen and oxygen atoms in total. The van der Waals surface area contributed by atoms with E-state index >= 15 is 0 Å². The van der Waals surface area contributed by atoms with Gasteiger partial charge in [-0.1, -0.05) is 43.7 Å². The van der Waals surface area contributed by atoms with Crippen LogP contribution in [0, 0.1) is 18.8 Å². The lowest BCUT2D eigenvalue weighted by molar-refractivity contribution is -0.136. The number of nitrogens with zero attached hydrogens (tertiary/aromatic N) is 2. The molecule has 2 atom stereocenters. The molecule has 0 radical (unpaired) electrons. The Bertz CT molecular complexity index is 758. The Labute approximate surface area is 179 Å². The fourth-order valence-corrected chi connectivity index (χ4v) is 4.98. The lowest BCUT2D eigenvalue weighted by Gasteiger charge is -2.30. The van der Waals surface area contributed by atoms with Crippen molar-refractivity contribution in [2.45, 2.75) is 33.2 Å². The summed E-state index contributed by atoms with van der Waals surface area (Å²) >= 11 is 1.76. The molecule has 1 aliphatic rings. The van der Waals surface area contributed by atoms with Crippen LogP contribution in [-0.2, 0) is 16.1 Å². The summed E-state index contributed by atoms with van der Waals surface area (Å²) in [6.45, 7) is 11.2. The van der Waals surface area contributed by atoms with Crippen molar-refractivity contribution in [3.8, 4) is 0 Å². The first kappa shape index (κ1) is 22.0. The van der Waals surface area contributed by atoms with E-state index in [1.54, 1.807) is 18.4 Å². The Morgan fingerprint density at radius 1 is 1.24 bits per heavy atom. The highest BCUT2D eigenvalue weighted by atomic mass is 32.1. The van der Waals surface area contributed by atoms with Crippen LogP contribution in [0.5, 0.6) is 0 Å². The molecular formula is C24H34N2O2S. The average Bonchev–Trinajstić information content (AvgIpc) is 3.32. The Morgan fingerprint density at radius 3 is 2.62 bits per heavy atom. The van der Waals surface area contributed by atoms with Gasteiger partial charge in [0.2, 0.25) is 5.91 Å². The van der Waals surface area contributed by atoms with E-state index in [0.717, 1.165) is 32.7 Å². The first-order valence-electron chi connectivity index (χ1n) is 10.5. The van der Waals surface area contributed by atoms with Crippen molar-refractivity contribution in [1.29, 1.82) is 0 Å².